The molecule has 0 N–H and O–H groups in total. The normalized spacial score (nSPS) is 13.5. The Balaban J connectivity index is -0.000000460. The van der Waals surface area contributed by atoms with Gasteiger partial charge in [-0.25, -0.2) is 9.96 Å². The zero-order valence-electron chi connectivity index (χ0n) is 19.0. The van der Waals surface area contributed by atoms with Crippen molar-refractivity contribution in [3.63, 3.8) is 0 Å². The van der Waals surface area contributed by atoms with Crippen LogP contribution in [0.25, 0.3) is 21.9 Å². The van der Waals surface area contributed by atoms with Crippen molar-refractivity contribution in [3.05, 3.63) is 104 Å². The van der Waals surface area contributed by atoms with Crippen molar-refractivity contribution in [1.82, 2.24) is 0 Å². The van der Waals surface area contributed by atoms with Crippen molar-refractivity contribution in [2.24, 2.45) is 5.92 Å². The molecule has 0 nitrogen and oxygen atoms in total. The van der Waals surface area contributed by atoms with E-state index in [0.717, 1.165) is 11.1 Å². The van der Waals surface area contributed by atoms with Gasteiger partial charge in [0.25, 0.3) is 0 Å². The fourth-order valence-electron chi connectivity index (χ4n) is 3.19. The zero-order valence-corrected chi connectivity index (χ0v) is 24.1. The number of rotatable bonds is 1. The van der Waals surface area contributed by atoms with E-state index in [-0.39, 0.29) is 45.5 Å². The molecule has 168 valence electrons. The Morgan fingerprint density at radius 2 is 1.48 bits per heavy atom. The van der Waals surface area contributed by atoms with Crippen LogP contribution in [0, 0.1) is 32.7 Å². The van der Waals surface area contributed by atoms with Gasteiger partial charge in [0.1, 0.15) is 5.82 Å². The monoisotopic (exact) mass is 550 g/mol. The van der Waals surface area contributed by atoms with Crippen molar-refractivity contribution in [1.29, 1.82) is 0 Å². The van der Waals surface area contributed by atoms with E-state index in [1.54, 1.807) is 0 Å². The van der Waals surface area contributed by atoms with Crippen LogP contribution in [0.1, 0.15) is 27.7 Å². The molecule has 1 aliphatic rings. The molecule has 0 saturated heterocycles. The standard InChI is InChI=1S/C15H10F.C9H13.2CH3.2ClH.Si.Zr/c16-13-8-5-12(6-9-13)15-10-7-11-3-1-2-4-14(11)15;1-6-5-7(2)9(4)8(6)3;;;;;;/h1-10H;6H,1-4H3;2*1H3;2*1H;;/q4*-1;;;;. The molecule has 0 amide bonds. The summed E-state index contributed by atoms with van der Waals surface area (Å²) in [5.74, 6) is 0.365. The van der Waals surface area contributed by atoms with E-state index < -0.39 is 0 Å². The second-order valence-electron chi connectivity index (χ2n) is 6.64. The topological polar surface area (TPSA) is 0 Å². The minimum atomic E-state index is -0.195. The third-order valence-corrected chi connectivity index (χ3v) is 5.07. The SMILES string of the molecule is CC1=[C-]C(C)C(C)=C1C.Cl.Cl.Fc1ccc(-c2c[cH-]c3ccccc23)cc1.[CH3-].[CH3-].[Si]=[Zr]. The minimum absolute atomic E-state index is 0. The van der Waals surface area contributed by atoms with Gasteiger partial charge in [0.15, 0.2) is 0 Å². The summed E-state index contributed by atoms with van der Waals surface area (Å²) in [7, 11) is 0. The molecule has 0 aromatic heterocycles. The summed E-state index contributed by atoms with van der Waals surface area (Å²) in [5, 5.41) is 2.44. The Kier molecular flexibility index (Phi) is 18.7. The molecule has 3 aromatic rings. The summed E-state index contributed by atoms with van der Waals surface area (Å²) < 4.78 is 12.8. The van der Waals surface area contributed by atoms with E-state index in [1.807, 2.05) is 24.3 Å². The van der Waals surface area contributed by atoms with Crippen molar-refractivity contribution in [3.8, 4) is 11.1 Å². The third-order valence-electron chi connectivity index (χ3n) is 5.07. The van der Waals surface area contributed by atoms with Gasteiger partial charge in [0.05, 0.1) is 0 Å². The number of benzene rings is 2. The van der Waals surface area contributed by atoms with Crippen molar-refractivity contribution in [2.75, 3.05) is 0 Å². The van der Waals surface area contributed by atoms with Gasteiger partial charge in [-0.05, 0) is 12.1 Å². The average molecular weight is 553 g/mol. The molecule has 2 radical (unpaired) electrons. The van der Waals surface area contributed by atoms with Gasteiger partial charge in [0.2, 0.25) is 0 Å². The predicted octanol–water partition coefficient (Wildman–Crippen LogP) is 8.45. The van der Waals surface area contributed by atoms with Crippen LogP contribution in [0.15, 0.2) is 77.4 Å². The second-order valence-corrected chi connectivity index (χ2v) is 6.64. The van der Waals surface area contributed by atoms with Crippen LogP contribution in [-0.4, -0.2) is 6.88 Å². The van der Waals surface area contributed by atoms with Gasteiger partial charge in [0, 0.05) is 0 Å². The molecular formula is C26H31Cl2FSiZr-4. The molecule has 3 aromatic carbocycles. The van der Waals surface area contributed by atoms with Gasteiger partial charge in [-0.3, -0.25) is 6.08 Å². The van der Waals surface area contributed by atoms with Crippen LogP contribution in [0.3, 0.4) is 0 Å². The first-order chi connectivity index (χ1) is 13.0. The van der Waals surface area contributed by atoms with Gasteiger partial charge in [-0.2, -0.15) is 11.1 Å². The van der Waals surface area contributed by atoms with Crippen LogP contribution in [0.4, 0.5) is 4.39 Å². The number of hydrogen-bond acceptors (Lipinski definition) is 0. The fourth-order valence-corrected chi connectivity index (χ4v) is 3.19. The van der Waals surface area contributed by atoms with Crippen molar-refractivity contribution >= 4 is 42.5 Å². The first-order valence-corrected chi connectivity index (χ1v) is 13.1. The maximum absolute atomic E-state index is 12.8. The Morgan fingerprint density at radius 3 is 1.94 bits per heavy atom. The van der Waals surface area contributed by atoms with Crippen LogP contribution in [-0.2, 0) is 23.3 Å². The Labute approximate surface area is 217 Å². The average Bonchev–Trinajstić information content (AvgIpc) is 3.22. The first-order valence-electron chi connectivity index (χ1n) is 8.90. The summed E-state index contributed by atoms with van der Waals surface area (Å²) in [5.41, 5.74) is 6.47. The zero-order chi connectivity index (χ0) is 20.0. The second kappa shape index (κ2) is 16.7. The Bertz CT molecular complexity index is 974. The van der Waals surface area contributed by atoms with Crippen molar-refractivity contribution < 1.29 is 27.7 Å². The van der Waals surface area contributed by atoms with E-state index >= 15 is 0 Å². The summed E-state index contributed by atoms with van der Waals surface area (Å²) in [6, 6.07) is 19.0. The van der Waals surface area contributed by atoms with Gasteiger partial charge in [-0.15, -0.1) is 78.4 Å². The number of hydrogen-bond donors (Lipinski definition) is 0. The molecule has 0 saturated carbocycles. The van der Waals surface area contributed by atoms with Gasteiger partial charge in [-0.1, -0.05) is 50.5 Å². The Hall–Kier alpha value is -0.860. The van der Waals surface area contributed by atoms with Crippen LogP contribution in [0.5, 0.6) is 0 Å². The first kappa shape index (κ1) is 34.7. The molecule has 31 heavy (non-hydrogen) atoms. The predicted molar refractivity (Wildman–Crippen MR) is 138 cm³/mol. The summed E-state index contributed by atoms with van der Waals surface area (Å²) >= 11 is 1.36. The van der Waals surface area contributed by atoms with E-state index in [0.29, 0.717) is 5.92 Å². The van der Waals surface area contributed by atoms with Gasteiger partial charge >= 0.3 is 30.2 Å². The number of halogens is 3. The third kappa shape index (κ3) is 8.89. The summed E-state index contributed by atoms with van der Waals surface area (Å²) in [6.07, 6.45) is 3.36. The molecule has 0 spiro atoms. The van der Waals surface area contributed by atoms with E-state index in [9.17, 15) is 4.39 Å². The molecule has 0 heterocycles. The van der Waals surface area contributed by atoms with E-state index in [1.165, 1.54) is 63.0 Å². The van der Waals surface area contributed by atoms with Crippen LogP contribution >= 0.6 is 24.8 Å². The molecule has 5 heteroatoms. The maximum atomic E-state index is 12.8. The molecular weight excluding hydrogens is 522 g/mol. The molecule has 1 atom stereocenters. The summed E-state index contributed by atoms with van der Waals surface area (Å²) in [4.78, 5) is 0. The quantitative estimate of drug-likeness (QED) is 0.210. The van der Waals surface area contributed by atoms with Crippen molar-refractivity contribution in [2.45, 2.75) is 27.7 Å². The molecule has 1 aliphatic carbocycles. The molecule has 4 rings (SSSR count). The molecule has 0 bridgehead atoms. The summed E-state index contributed by atoms with van der Waals surface area (Å²) in [6.45, 7) is 11.7. The molecule has 1 unspecified atom stereocenters. The molecule has 0 fully saturated rings. The van der Waals surface area contributed by atoms with E-state index in [2.05, 4.69) is 64.9 Å². The number of allylic oxidation sites excluding steroid dienone is 4. The van der Waals surface area contributed by atoms with Crippen LogP contribution < -0.4 is 0 Å². The Morgan fingerprint density at radius 1 is 0.935 bits per heavy atom. The van der Waals surface area contributed by atoms with E-state index in [4.69, 9.17) is 0 Å². The van der Waals surface area contributed by atoms with Gasteiger partial charge < -0.3 is 14.9 Å². The molecule has 0 aliphatic heterocycles. The fraction of sp³-hybridized carbons (Fsp3) is 0.192. The van der Waals surface area contributed by atoms with Crippen LogP contribution in [0.2, 0.25) is 0 Å². The number of fused-ring (bicyclic) bond motifs is 1.